The Morgan fingerprint density at radius 3 is 2.75 bits per heavy atom. The molecule has 0 spiro atoms. The maximum atomic E-state index is 12.6. The minimum absolute atomic E-state index is 0.138. The van der Waals surface area contributed by atoms with Crippen LogP contribution in [0.1, 0.15) is 12.5 Å². The number of amidine groups is 1. The third-order valence-corrected chi connectivity index (χ3v) is 6.20. The quantitative estimate of drug-likeness (QED) is 0.333. The molecule has 0 bridgehead atoms. The van der Waals surface area contributed by atoms with Gasteiger partial charge in [0.25, 0.3) is 5.91 Å². The zero-order valence-electron chi connectivity index (χ0n) is 17.2. The van der Waals surface area contributed by atoms with E-state index in [0.717, 1.165) is 26.5 Å². The number of hydrogen-bond acceptors (Lipinski definition) is 5. The number of carbonyl (C=O) groups is 1. The van der Waals surface area contributed by atoms with E-state index in [-0.39, 0.29) is 12.5 Å². The van der Waals surface area contributed by atoms with Crippen molar-refractivity contribution in [2.75, 3.05) is 13.2 Å². The van der Waals surface area contributed by atoms with Crippen molar-refractivity contribution in [3.63, 3.8) is 0 Å². The van der Waals surface area contributed by atoms with Gasteiger partial charge >= 0.3 is 0 Å². The van der Waals surface area contributed by atoms with Crippen LogP contribution in [-0.2, 0) is 4.79 Å². The first kappa shape index (κ1) is 22.0. The van der Waals surface area contributed by atoms with Crippen LogP contribution in [0.4, 0.5) is 5.69 Å². The highest BCUT2D eigenvalue weighted by Gasteiger charge is 2.24. The average molecular weight is 507 g/mol. The fourth-order valence-corrected chi connectivity index (χ4v) is 4.46. The van der Waals surface area contributed by atoms with Crippen LogP contribution < -0.4 is 14.8 Å². The number of hydrogen-bond donors (Lipinski definition) is 1. The van der Waals surface area contributed by atoms with E-state index in [9.17, 15) is 4.79 Å². The van der Waals surface area contributed by atoms with Crippen molar-refractivity contribution < 1.29 is 14.3 Å². The second-order valence-corrected chi connectivity index (χ2v) is 8.61. The van der Waals surface area contributed by atoms with Crippen molar-refractivity contribution in [2.45, 2.75) is 6.92 Å². The summed E-state index contributed by atoms with van der Waals surface area (Å²) in [5.41, 5.74) is 1.59. The topological polar surface area (TPSA) is 59.9 Å². The molecule has 0 radical (unpaired) electrons. The largest absolute Gasteiger partial charge is 0.490 e. The molecule has 1 aliphatic rings. The Kier molecular flexibility index (Phi) is 6.84. The van der Waals surface area contributed by atoms with Gasteiger partial charge in [-0.3, -0.25) is 4.79 Å². The summed E-state index contributed by atoms with van der Waals surface area (Å²) in [6.45, 7) is 2.50. The minimum atomic E-state index is -0.202. The Morgan fingerprint density at radius 1 is 1.16 bits per heavy atom. The molecule has 0 saturated carbocycles. The third-order valence-electron chi connectivity index (χ3n) is 4.60. The molecular weight excluding hydrogens is 488 g/mol. The number of nitrogens with zero attached hydrogens (tertiary/aromatic N) is 1. The summed E-state index contributed by atoms with van der Waals surface area (Å²) < 4.78 is 12.0. The van der Waals surface area contributed by atoms with Crippen molar-refractivity contribution >= 4 is 61.3 Å². The molecule has 0 atom stereocenters. The smallest absolute Gasteiger partial charge is 0.264 e. The van der Waals surface area contributed by atoms with Crippen molar-refractivity contribution in [2.24, 2.45) is 4.99 Å². The maximum Gasteiger partial charge on any atom is 0.264 e. The van der Waals surface area contributed by atoms with Crippen LogP contribution in [0.3, 0.4) is 0 Å². The van der Waals surface area contributed by atoms with Gasteiger partial charge in [-0.05, 0) is 53.9 Å². The second-order valence-electron chi connectivity index (χ2n) is 6.73. The first-order valence-corrected chi connectivity index (χ1v) is 11.5. The number of ether oxygens (including phenoxy) is 2. The molecule has 1 heterocycles. The predicted molar refractivity (Wildman–Crippen MR) is 134 cm³/mol. The maximum absolute atomic E-state index is 12.6. The zero-order chi connectivity index (χ0) is 22.5. The normalized spacial score (nSPS) is 15.7. The van der Waals surface area contributed by atoms with Crippen LogP contribution in [0, 0.1) is 12.3 Å². The molecule has 1 fully saturated rings. The highest BCUT2D eigenvalue weighted by Crippen LogP contribution is 2.37. The van der Waals surface area contributed by atoms with E-state index in [1.807, 2.05) is 55.5 Å². The van der Waals surface area contributed by atoms with E-state index in [2.05, 4.69) is 32.2 Å². The van der Waals surface area contributed by atoms with Crippen LogP contribution in [-0.4, -0.2) is 24.3 Å². The minimum Gasteiger partial charge on any atom is -0.490 e. The fourth-order valence-electron chi connectivity index (χ4n) is 3.20. The number of rotatable bonds is 6. The van der Waals surface area contributed by atoms with Crippen molar-refractivity contribution in [1.82, 2.24) is 5.32 Å². The summed E-state index contributed by atoms with van der Waals surface area (Å²) in [7, 11) is 0. The number of nitrogens with one attached hydrogen (secondary N) is 1. The average Bonchev–Trinajstić information content (AvgIpc) is 3.13. The van der Waals surface area contributed by atoms with Gasteiger partial charge in [-0.25, -0.2) is 4.99 Å². The van der Waals surface area contributed by atoms with Gasteiger partial charge < -0.3 is 14.8 Å². The van der Waals surface area contributed by atoms with Gasteiger partial charge in [0.15, 0.2) is 16.7 Å². The lowest BCUT2D eigenvalue weighted by molar-refractivity contribution is -0.115. The SMILES string of the molecule is C#CCOc1cc(Br)c(/C=C2\SC(=Nc3cccc4ccccc34)NC2=O)cc1OCC. The van der Waals surface area contributed by atoms with Crippen molar-refractivity contribution in [3.05, 3.63) is 69.5 Å². The highest BCUT2D eigenvalue weighted by molar-refractivity contribution is 9.10. The first-order valence-electron chi connectivity index (χ1n) is 9.89. The number of carbonyl (C=O) groups excluding carboxylic acids is 1. The predicted octanol–water partition coefficient (Wildman–Crippen LogP) is 5.90. The number of halogens is 1. The Hall–Kier alpha value is -3.21. The first-order chi connectivity index (χ1) is 15.6. The van der Waals surface area contributed by atoms with E-state index >= 15 is 0 Å². The summed E-state index contributed by atoms with van der Waals surface area (Å²) in [4.78, 5) is 17.8. The molecular formula is C25H19BrN2O3S. The van der Waals surface area contributed by atoms with Gasteiger partial charge in [-0.1, -0.05) is 58.2 Å². The molecule has 5 nitrogen and oxygen atoms in total. The summed E-state index contributed by atoms with van der Waals surface area (Å²) in [6, 6.07) is 17.6. The molecule has 160 valence electrons. The van der Waals surface area contributed by atoms with E-state index < -0.39 is 0 Å². The van der Waals surface area contributed by atoms with Gasteiger partial charge in [0.1, 0.15) is 6.61 Å². The molecule has 3 aromatic carbocycles. The molecule has 0 unspecified atom stereocenters. The molecule has 32 heavy (non-hydrogen) atoms. The Morgan fingerprint density at radius 2 is 1.94 bits per heavy atom. The van der Waals surface area contributed by atoms with Gasteiger partial charge in [-0.2, -0.15) is 0 Å². The number of fused-ring (bicyclic) bond motifs is 1. The lowest BCUT2D eigenvalue weighted by Crippen LogP contribution is -2.19. The Balaban J connectivity index is 1.64. The van der Waals surface area contributed by atoms with Crippen molar-refractivity contribution in [3.8, 4) is 23.8 Å². The molecule has 1 saturated heterocycles. The Bertz CT molecular complexity index is 1290. The molecule has 3 aromatic rings. The van der Waals surface area contributed by atoms with Gasteiger partial charge in [0.05, 0.1) is 17.2 Å². The van der Waals surface area contributed by atoms with Crippen LogP contribution in [0.2, 0.25) is 0 Å². The lowest BCUT2D eigenvalue weighted by atomic mass is 10.1. The monoisotopic (exact) mass is 506 g/mol. The molecule has 7 heteroatoms. The molecule has 1 aliphatic heterocycles. The summed E-state index contributed by atoms with van der Waals surface area (Å²) in [6.07, 6.45) is 7.09. The number of benzene rings is 3. The van der Waals surface area contributed by atoms with Crippen LogP contribution in [0.25, 0.3) is 16.8 Å². The summed E-state index contributed by atoms with van der Waals surface area (Å²) in [5, 5.41) is 5.51. The van der Waals surface area contributed by atoms with E-state index in [1.165, 1.54) is 11.8 Å². The summed E-state index contributed by atoms with van der Waals surface area (Å²) >= 11 is 4.84. The second kappa shape index (κ2) is 9.94. The van der Waals surface area contributed by atoms with Crippen LogP contribution >= 0.6 is 27.7 Å². The number of amides is 1. The Labute approximate surface area is 199 Å². The van der Waals surface area contributed by atoms with Gasteiger partial charge in [0.2, 0.25) is 0 Å². The standard InChI is InChI=1S/C25H19BrN2O3S/c1-3-12-31-22-15-19(26)17(13-21(22)30-4-2)14-23-24(29)28-25(32-23)27-20-11-7-9-16-8-5-6-10-18(16)20/h1,5-11,13-15H,4,12H2,2H3,(H,27,28,29)/b23-14-. The van der Waals surface area contributed by atoms with E-state index in [0.29, 0.717) is 28.2 Å². The molecule has 0 aromatic heterocycles. The molecule has 1 N–H and O–H groups in total. The lowest BCUT2D eigenvalue weighted by Gasteiger charge is -2.12. The number of aliphatic imine (C=N–C) groups is 1. The van der Waals surface area contributed by atoms with E-state index in [1.54, 1.807) is 12.1 Å². The molecule has 4 rings (SSSR count). The van der Waals surface area contributed by atoms with Gasteiger partial charge in [0, 0.05) is 9.86 Å². The van der Waals surface area contributed by atoms with Crippen LogP contribution in [0.5, 0.6) is 11.5 Å². The van der Waals surface area contributed by atoms with Crippen LogP contribution in [0.15, 0.2) is 69.0 Å². The molecule has 0 aliphatic carbocycles. The van der Waals surface area contributed by atoms with Crippen molar-refractivity contribution in [1.29, 1.82) is 0 Å². The van der Waals surface area contributed by atoms with E-state index in [4.69, 9.17) is 15.9 Å². The number of thioether (sulfide) groups is 1. The fraction of sp³-hybridized carbons (Fsp3) is 0.120. The molecule has 1 amide bonds. The van der Waals surface area contributed by atoms with Gasteiger partial charge in [-0.15, -0.1) is 6.42 Å². The zero-order valence-corrected chi connectivity index (χ0v) is 19.6. The number of terminal acetylenes is 1. The summed E-state index contributed by atoms with van der Waals surface area (Å²) in [5.74, 6) is 3.35. The highest BCUT2D eigenvalue weighted by atomic mass is 79.9. The third kappa shape index (κ3) is 4.82.